The van der Waals surface area contributed by atoms with Crippen molar-refractivity contribution in [1.29, 1.82) is 0 Å². The maximum absolute atomic E-state index is 12.7. The van der Waals surface area contributed by atoms with Crippen molar-refractivity contribution in [2.24, 2.45) is 0 Å². The molecule has 2 N–H and O–H groups in total. The van der Waals surface area contributed by atoms with Crippen LogP contribution in [-0.4, -0.2) is 13.1 Å². The Balaban J connectivity index is 1.84. The summed E-state index contributed by atoms with van der Waals surface area (Å²) in [5, 5.41) is 0.522. The Morgan fingerprint density at radius 3 is 2.54 bits per heavy atom. The van der Waals surface area contributed by atoms with Gasteiger partial charge < -0.3 is 19.6 Å². The second-order valence-electron chi connectivity index (χ2n) is 5.83. The van der Waals surface area contributed by atoms with Crippen LogP contribution in [-0.2, 0) is 17.5 Å². The van der Waals surface area contributed by atoms with E-state index in [0.717, 1.165) is 18.2 Å². The summed E-state index contributed by atoms with van der Waals surface area (Å²) < 4.78 is 53.4. The molecule has 0 aliphatic heterocycles. The number of esters is 1. The highest BCUT2D eigenvalue weighted by Crippen LogP contribution is 2.31. The Morgan fingerprint density at radius 1 is 1.14 bits per heavy atom. The van der Waals surface area contributed by atoms with Crippen LogP contribution in [0.5, 0.6) is 5.75 Å². The van der Waals surface area contributed by atoms with E-state index >= 15 is 0 Å². The van der Waals surface area contributed by atoms with Crippen molar-refractivity contribution in [2.45, 2.75) is 12.8 Å². The first-order valence-corrected chi connectivity index (χ1v) is 7.93. The van der Waals surface area contributed by atoms with Gasteiger partial charge in [0.05, 0.1) is 18.2 Å². The number of nitrogen functional groups attached to an aromatic ring is 1. The average molecular weight is 393 g/mol. The molecule has 0 fully saturated rings. The molecule has 6 nitrogen and oxygen atoms in total. The number of hydrogen-bond donors (Lipinski definition) is 1. The summed E-state index contributed by atoms with van der Waals surface area (Å²) in [5.41, 5.74) is 3.98. The molecule has 28 heavy (non-hydrogen) atoms. The Hall–Kier alpha value is -3.49. The zero-order valence-corrected chi connectivity index (χ0v) is 14.5. The van der Waals surface area contributed by atoms with Gasteiger partial charge in [0, 0.05) is 28.8 Å². The van der Waals surface area contributed by atoms with Gasteiger partial charge in [-0.05, 0) is 30.3 Å². The van der Waals surface area contributed by atoms with Crippen LogP contribution in [0.2, 0.25) is 0 Å². The lowest BCUT2D eigenvalue weighted by Crippen LogP contribution is -2.12. The Labute approximate surface area is 156 Å². The van der Waals surface area contributed by atoms with Gasteiger partial charge in [0.1, 0.15) is 17.9 Å². The van der Waals surface area contributed by atoms with E-state index in [1.54, 1.807) is 12.1 Å². The zero-order chi connectivity index (χ0) is 20.5. The predicted molar refractivity (Wildman–Crippen MR) is 94.0 cm³/mol. The third-order valence-corrected chi connectivity index (χ3v) is 3.99. The zero-order valence-electron chi connectivity index (χ0n) is 14.5. The molecule has 1 heterocycles. The van der Waals surface area contributed by atoms with E-state index < -0.39 is 23.3 Å². The first kappa shape index (κ1) is 19.3. The number of halogens is 3. The summed E-state index contributed by atoms with van der Waals surface area (Å²) in [5.74, 6) is -0.441. The SMILES string of the molecule is COc1ccc2c(COC(=O)c3ccc(C(F)(F)F)cc3N)cc(=O)oc2c1. The molecule has 0 aliphatic carbocycles. The molecule has 0 radical (unpaired) electrons. The number of nitrogens with two attached hydrogens (primary N) is 1. The number of carbonyl (C=O) groups excluding carboxylic acids is 1. The van der Waals surface area contributed by atoms with Crippen LogP contribution in [0, 0.1) is 0 Å². The molecule has 2 aromatic carbocycles. The molecule has 0 saturated carbocycles. The van der Waals surface area contributed by atoms with Crippen molar-refractivity contribution in [2.75, 3.05) is 12.8 Å². The highest BCUT2D eigenvalue weighted by Gasteiger charge is 2.31. The van der Waals surface area contributed by atoms with E-state index in [1.807, 2.05) is 0 Å². The second-order valence-corrected chi connectivity index (χ2v) is 5.83. The van der Waals surface area contributed by atoms with Crippen LogP contribution >= 0.6 is 0 Å². The number of fused-ring (bicyclic) bond motifs is 1. The minimum atomic E-state index is -4.57. The van der Waals surface area contributed by atoms with Gasteiger partial charge in [-0.2, -0.15) is 13.2 Å². The lowest BCUT2D eigenvalue weighted by atomic mass is 10.1. The van der Waals surface area contributed by atoms with Gasteiger partial charge in [-0.25, -0.2) is 9.59 Å². The first-order valence-electron chi connectivity index (χ1n) is 7.93. The quantitative estimate of drug-likeness (QED) is 0.412. The van der Waals surface area contributed by atoms with Gasteiger partial charge in [0.25, 0.3) is 0 Å². The smallest absolute Gasteiger partial charge is 0.416 e. The molecule has 3 rings (SSSR count). The molecule has 0 spiro atoms. The number of rotatable bonds is 4. The summed E-state index contributed by atoms with van der Waals surface area (Å²) in [4.78, 5) is 23.9. The largest absolute Gasteiger partial charge is 0.497 e. The first-order chi connectivity index (χ1) is 13.2. The van der Waals surface area contributed by atoms with E-state index in [4.69, 9.17) is 19.6 Å². The topological polar surface area (TPSA) is 91.8 Å². The van der Waals surface area contributed by atoms with Crippen molar-refractivity contribution in [3.05, 3.63) is 69.6 Å². The Kier molecular flexibility index (Phi) is 5.00. The van der Waals surface area contributed by atoms with E-state index in [0.29, 0.717) is 22.8 Å². The molecule has 3 aromatic rings. The van der Waals surface area contributed by atoms with Crippen molar-refractivity contribution >= 4 is 22.6 Å². The standard InChI is InChI=1S/C19H14F3NO5/c1-26-12-3-5-13-10(6-17(24)28-16(13)8-12)9-27-18(25)14-4-2-11(7-15(14)23)19(20,21)22/h2-8H,9,23H2,1H3. The molecule has 0 amide bonds. The van der Waals surface area contributed by atoms with Gasteiger partial charge >= 0.3 is 17.8 Å². The van der Waals surface area contributed by atoms with E-state index in [1.165, 1.54) is 13.2 Å². The Morgan fingerprint density at radius 2 is 1.89 bits per heavy atom. The van der Waals surface area contributed by atoms with Crippen LogP contribution in [0.4, 0.5) is 18.9 Å². The number of ether oxygens (including phenoxy) is 2. The number of methoxy groups -OCH3 is 1. The lowest BCUT2D eigenvalue weighted by molar-refractivity contribution is -0.137. The van der Waals surface area contributed by atoms with E-state index in [-0.39, 0.29) is 23.4 Å². The lowest BCUT2D eigenvalue weighted by Gasteiger charge is -2.11. The molecule has 0 bridgehead atoms. The van der Waals surface area contributed by atoms with Crippen molar-refractivity contribution in [1.82, 2.24) is 0 Å². The molecule has 0 saturated heterocycles. The number of benzene rings is 2. The molecule has 1 aromatic heterocycles. The minimum absolute atomic E-state index is 0.207. The van der Waals surface area contributed by atoms with E-state index in [2.05, 4.69) is 0 Å². The van der Waals surface area contributed by atoms with Crippen LogP contribution in [0.1, 0.15) is 21.5 Å². The van der Waals surface area contributed by atoms with Gasteiger partial charge in [-0.15, -0.1) is 0 Å². The number of anilines is 1. The fraction of sp³-hybridized carbons (Fsp3) is 0.158. The predicted octanol–water partition coefficient (Wildman–Crippen LogP) is 3.76. The fourth-order valence-corrected chi connectivity index (χ4v) is 2.60. The van der Waals surface area contributed by atoms with Gasteiger partial charge in [-0.3, -0.25) is 0 Å². The highest BCUT2D eigenvalue weighted by atomic mass is 19.4. The van der Waals surface area contributed by atoms with Crippen molar-refractivity contribution in [3.63, 3.8) is 0 Å². The second kappa shape index (κ2) is 7.26. The summed E-state index contributed by atoms with van der Waals surface area (Å²) in [6.07, 6.45) is -4.57. The highest BCUT2D eigenvalue weighted by molar-refractivity contribution is 5.95. The molecule has 0 aliphatic rings. The summed E-state index contributed by atoms with van der Waals surface area (Å²) in [6, 6.07) is 8.30. The van der Waals surface area contributed by atoms with Gasteiger partial charge in [0.2, 0.25) is 0 Å². The van der Waals surface area contributed by atoms with Crippen LogP contribution < -0.4 is 16.1 Å². The van der Waals surface area contributed by atoms with Crippen LogP contribution in [0.15, 0.2) is 51.7 Å². The van der Waals surface area contributed by atoms with Gasteiger partial charge in [-0.1, -0.05) is 0 Å². The van der Waals surface area contributed by atoms with Crippen molar-refractivity contribution < 1.29 is 31.9 Å². The number of carbonyl (C=O) groups is 1. The maximum atomic E-state index is 12.7. The fourth-order valence-electron chi connectivity index (χ4n) is 2.60. The number of alkyl halides is 3. The van der Waals surface area contributed by atoms with Crippen LogP contribution in [0.3, 0.4) is 0 Å². The molecule has 0 unspecified atom stereocenters. The monoisotopic (exact) mass is 393 g/mol. The average Bonchev–Trinajstić information content (AvgIpc) is 2.64. The summed E-state index contributed by atoms with van der Waals surface area (Å²) >= 11 is 0. The summed E-state index contributed by atoms with van der Waals surface area (Å²) in [7, 11) is 1.46. The third kappa shape index (κ3) is 3.93. The number of hydrogen-bond acceptors (Lipinski definition) is 6. The Bertz CT molecular complexity index is 1100. The summed E-state index contributed by atoms with van der Waals surface area (Å²) in [6.45, 7) is -0.298. The van der Waals surface area contributed by atoms with Crippen LogP contribution in [0.25, 0.3) is 11.0 Å². The maximum Gasteiger partial charge on any atom is 0.416 e. The molecule has 0 atom stereocenters. The third-order valence-electron chi connectivity index (χ3n) is 3.99. The molecular weight excluding hydrogens is 379 g/mol. The minimum Gasteiger partial charge on any atom is -0.497 e. The molecular formula is C19H14F3NO5. The molecule has 146 valence electrons. The van der Waals surface area contributed by atoms with Crippen molar-refractivity contribution in [3.8, 4) is 5.75 Å². The molecule has 9 heteroatoms. The normalized spacial score (nSPS) is 11.4. The van der Waals surface area contributed by atoms with E-state index in [9.17, 15) is 22.8 Å². The van der Waals surface area contributed by atoms with Gasteiger partial charge in [0.15, 0.2) is 0 Å².